The first kappa shape index (κ1) is 26.9. The van der Waals surface area contributed by atoms with E-state index in [1.165, 1.54) is 24.7 Å². The fourth-order valence-electron chi connectivity index (χ4n) is 6.06. The topological polar surface area (TPSA) is 72.9 Å². The van der Waals surface area contributed by atoms with Crippen molar-refractivity contribution in [3.8, 4) is 5.75 Å². The minimum atomic E-state index is -0.426. The Kier molecular flexibility index (Phi) is 8.85. The zero-order chi connectivity index (χ0) is 26.5. The van der Waals surface area contributed by atoms with Crippen LogP contribution in [0.15, 0.2) is 36.5 Å². The van der Waals surface area contributed by atoms with Crippen molar-refractivity contribution in [3.05, 3.63) is 53.2 Å². The Morgan fingerprint density at radius 3 is 2.76 bits per heavy atom. The van der Waals surface area contributed by atoms with E-state index in [4.69, 9.17) is 14.2 Å². The van der Waals surface area contributed by atoms with Crippen molar-refractivity contribution in [2.75, 3.05) is 32.7 Å². The maximum Gasteiger partial charge on any atom is 0.327 e. The van der Waals surface area contributed by atoms with E-state index in [1.807, 2.05) is 31.3 Å². The monoisotopic (exact) mass is 521 g/mol. The molecule has 2 aromatic rings. The summed E-state index contributed by atoms with van der Waals surface area (Å²) in [6, 6.07) is 10.7. The third-order valence-corrected chi connectivity index (χ3v) is 8.45. The molecule has 1 N–H and O–H groups in total. The molecule has 7 heteroatoms. The molecule has 2 aliphatic carbocycles. The molecule has 1 aliphatic heterocycles. The smallest absolute Gasteiger partial charge is 0.327 e. The summed E-state index contributed by atoms with van der Waals surface area (Å²) in [5, 5.41) is 3.60. The molecule has 1 aromatic carbocycles. The summed E-state index contributed by atoms with van der Waals surface area (Å²) in [7, 11) is 3.54. The number of rotatable bonds is 13. The normalized spacial score (nSPS) is 23.2. The van der Waals surface area contributed by atoms with Gasteiger partial charge in [-0.1, -0.05) is 18.2 Å². The van der Waals surface area contributed by atoms with E-state index >= 15 is 0 Å². The summed E-state index contributed by atoms with van der Waals surface area (Å²) in [4.78, 5) is 19.7. The van der Waals surface area contributed by atoms with Gasteiger partial charge < -0.3 is 19.5 Å². The Morgan fingerprint density at radius 2 is 2.00 bits per heavy atom. The minimum Gasteiger partial charge on any atom is -0.494 e. The Labute approximate surface area is 227 Å². The number of aryl methyl sites for hydroxylation is 1. The molecule has 0 saturated heterocycles. The van der Waals surface area contributed by atoms with E-state index in [0.717, 1.165) is 75.1 Å². The van der Waals surface area contributed by atoms with Crippen LogP contribution in [-0.4, -0.2) is 61.4 Å². The summed E-state index contributed by atoms with van der Waals surface area (Å²) in [5.74, 6) is 2.24. The molecule has 0 spiro atoms. The molecule has 2 fully saturated rings. The number of nitrogens with one attached hydrogen (secondary N) is 1. The minimum absolute atomic E-state index is 0.207. The number of carbonyl (C=O) groups is 1. The van der Waals surface area contributed by atoms with Gasteiger partial charge >= 0.3 is 5.97 Å². The summed E-state index contributed by atoms with van der Waals surface area (Å²) >= 11 is 0. The van der Waals surface area contributed by atoms with Gasteiger partial charge in [-0.15, -0.1) is 0 Å². The van der Waals surface area contributed by atoms with Crippen molar-refractivity contribution in [2.24, 2.45) is 0 Å². The van der Waals surface area contributed by atoms with Gasteiger partial charge in [0.15, 0.2) is 0 Å². The molecule has 206 valence electrons. The van der Waals surface area contributed by atoms with Crippen LogP contribution in [-0.2, 0) is 20.7 Å². The lowest BCUT2D eigenvalue weighted by Crippen LogP contribution is -2.49. The average molecular weight is 522 g/mol. The third kappa shape index (κ3) is 6.15. The molecule has 2 atom stereocenters. The van der Waals surface area contributed by atoms with Gasteiger partial charge in [0.1, 0.15) is 17.6 Å². The molecule has 2 heterocycles. The maximum absolute atomic E-state index is 13.0. The van der Waals surface area contributed by atoms with Crippen molar-refractivity contribution < 1.29 is 19.0 Å². The number of ether oxygens (including phenoxy) is 3. The number of hydrogen-bond donors (Lipinski definition) is 1. The number of methoxy groups -OCH3 is 1. The number of fused-ring (bicyclic) bond motifs is 1. The average Bonchev–Trinajstić information content (AvgIpc) is 3.75. The first-order chi connectivity index (χ1) is 18.6. The predicted octanol–water partition coefficient (Wildman–Crippen LogP) is 5.65. The fraction of sp³-hybridized carbons (Fsp3) is 0.613. The molecule has 0 amide bonds. The van der Waals surface area contributed by atoms with Crippen molar-refractivity contribution in [2.45, 2.75) is 94.9 Å². The van der Waals surface area contributed by atoms with E-state index in [9.17, 15) is 4.79 Å². The van der Waals surface area contributed by atoms with E-state index in [1.54, 1.807) is 0 Å². The molecule has 1 aromatic heterocycles. The number of anilines is 1. The number of carbonyl (C=O) groups excluding carboxylic acids is 1. The first-order valence-corrected chi connectivity index (χ1v) is 14.5. The molecular formula is C31H43N3O4. The molecule has 3 aliphatic rings. The number of nitrogens with zero attached hydrogens (tertiary/aromatic N) is 2. The van der Waals surface area contributed by atoms with Crippen molar-refractivity contribution in [1.82, 2.24) is 9.88 Å². The lowest BCUT2D eigenvalue weighted by Gasteiger charge is -2.44. The van der Waals surface area contributed by atoms with Crippen LogP contribution in [0.2, 0.25) is 0 Å². The molecule has 2 saturated carbocycles. The van der Waals surface area contributed by atoms with Crippen LogP contribution in [0.3, 0.4) is 0 Å². The first-order valence-electron chi connectivity index (χ1n) is 14.5. The number of likely N-dealkylation sites (N-methyl/N-ethyl adjacent to an activating group) is 1. The number of unbranched alkanes of at least 4 members (excludes halogenated alkanes) is 1. The molecule has 0 radical (unpaired) electrons. The fourth-order valence-corrected chi connectivity index (χ4v) is 6.06. The standard InChI is InChI=1S/C31H43N3O4/c1-4-37-27-12-7-11-26(28(27)21-13-14-21)29(31(35)36-3)34(2)24-19-25(20-24)38-18-6-5-10-23-16-15-22-9-8-17-32-30(22)33-23/h7-9,11-12,17,21,23-25,29H,4-6,10,13-16,18-20H2,1-3H3,(H,32,33)/t23-,24?,25?,29?/m0/s1. The zero-order valence-electron chi connectivity index (χ0n) is 23.2. The quantitative estimate of drug-likeness (QED) is 0.270. The number of hydrogen-bond acceptors (Lipinski definition) is 7. The number of esters is 1. The summed E-state index contributed by atoms with van der Waals surface area (Å²) in [6.45, 7) is 3.42. The summed E-state index contributed by atoms with van der Waals surface area (Å²) in [5.41, 5.74) is 3.55. The van der Waals surface area contributed by atoms with E-state index < -0.39 is 6.04 Å². The highest BCUT2D eigenvalue weighted by atomic mass is 16.5. The van der Waals surface area contributed by atoms with Crippen LogP contribution in [0.1, 0.15) is 86.9 Å². The Morgan fingerprint density at radius 1 is 1.16 bits per heavy atom. The second kappa shape index (κ2) is 12.5. The SMILES string of the molecule is CCOc1cccc(C(C(=O)OC)N(C)C2CC(OCCCC[C@H]3CCc4cccnc4N3)C2)c1C1CC1. The van der Waals surface area contributed by atoms with Gasteiger partial charge in [-0.05, 0) is 101 Å². The second-order valence-electron chi connectivity index (χ2n) is 11.1. The third-order valence-electron chi connectivity index (χ3n) is 8.45. The van der Waals surface area contributed by atoms with E-state index in [0.29, 0.717) is 24.6 Å². The molecule has 1 unspecified atom stereocenters. The number of aromatic nitrogens is 1. The zero-order valence-corrected chi connectivity index (χ0v) is 23.2. The molecule has 7 nitrogen and oxygen atoms in total. The Balaban J connectivity index is 1.09. The van der Waals surface area contributed by atoms with Gasteiger partial charge in [0.05, 0.1) is 19.8 Å². The van der Waals surface area contributed by atoms with E-state index in [-0.39, 0.29) is 12.1 Å². The number of benzene rings is 1. The van der Waals surface area contributed by atoms with Crippen LogP contribution in [0.25, 0.3) is 0 Å². The van der Waals surface area contributed by atoms with Crippen molar-refractivity contribution >= 4 is 11.8 Å². The highest BCUT2D eigenvalue weighted by Crippen LogP contribution is 2.49. The second-order valence-corrected chi connectivity index (χ2v) is 11.1. The van der Waals surface area contributed by atoms with Crippen LogP contribution in [0.4, 0.5) is 5.82 Å². The maximum atomic E-state index is 13.0. The Bertz CT molecular complexity index is 1080. The van der Waals surface area contributed by atoms with Gasteiger partial charge in [-0.2, -0.15) is 0 Å². The highest BCUT2D eigenvalue weighted by molar-refractivity contribution is 5.79. The number of pyridine rings is 1. The van der Waals surface area contributed by atoms with Crippen LogP contribution in [0, 0.1) is 0 Å². The predicted molar refractivity (Wildman–Crippen MR) is 149 cm³/mol. The Hall–Kier alpha value is -2.64. The van der Waals surface area contributed by atoms with Crippen LogP contribution in [0.5, 0.6) is 5.75 Å². The van der Waals surface area contributed by atoms with E-state index in [2.05, 4.69) is 34.4 Å². The van der Waals surface area contributed by atoms with Crippen molar-refractivity contribution in [1.29, 1.82) is 0 Å². The lowest BCUT2D eigenvalue weighted by molar-refractivity contribution is -0.150. The highest BCUT2D eigenvalue weighted by Gasteiger charge is 2.41. The molecule has 0 bridgehead atoms. The molecular weight excluding hydrogens is 478 g/mol. The van der Waals surface area contributed by atoms with Gasteiger partial charge in [0, 0.05) is 30.5 Å². The molecule has 5 rings (SSSR count). The van der Waals surface area contributed by atoms with Crippen molar-refractivity contribution in [3.63, 3.8) is 0 Å². The van der Waals surface area contributed by atoms with Crippen LogP contribution < -0.4 is 10.1 Å². The summed E-state index contributed by atoms with van der Waals surface area (Å²) in [6.07, 6.45) is 12.0. The van der Waals surface area contributed by atoms with Crippen LogP contribution >= 0.6 is 0 Å². The lowest BCUT2D eigenvalue weighted by atomic mass is 9.85. The van der Waals surface area contributed by atoms with Gasteiger partial charge in [0.2, 0.25) is 0 Å². The summed E-state index contributed by atoms with van der Waals surface area (Å²) < 4.78 is 17.5. The molecule has 38 heavy (non-hydrogen) atoms. The van der Waals surface area contributed by atoms with Gasteiger partial charge in [-0.25, -0.2) is 9.78 Å². The largest absolute Gasteiger partial charge is 0.494 e. The van der Waals surface area contributed by atoms with Gasteiger partial charge in [-0.3, -0.25) is 4.90 Å². The van der Waals surface area contributed by atoms with Gasteiger partial charge in [0.25, 0.3) is 0 Å².